The van der Waals surface area contributed by atoms with Gasteiger partial charge in [0, 0.05) is 16.5 Å². The first-order valence-corrected chi connectivity index (χ1v) is 9.02. The number of hydrogen-bond donors (Lipinski definition) is 1. The molecule has 0 saturated carbocycles. The van der Waals surface area contributed by atoms with Crippen LogP contribution >= 0.6 is 11.8 Å². The third-order valence-corrected chi connectivity index (χ3v) is 4.90. The van der Waals surface area contributed by atoms with Gasteiger partial charge in [-0.1, -0.05) is 54.2 Å². The van der Waals surface area contributed by atoms with Gasteiger partial charge < -0.3 is 0 Å². The molecule has 2 heterocycles. The van der Waals surface area contributed by atoms with E-state index in [9.17, 15) is 9.18 Å². The molecule has 0 aliphatic carbocycles. The van der Waals surface area contributed by atoms with Gasteiger partial charge in [0.25, 0.3) is 5.91 Å². The summed E-state index contributed by atoms with van der Waals surface area (Å²) in [5.74, 6) is -0.0721. The van der Waals surface area contributed by atoms with E-state index in [4.69, 9.17) is 0 Å². The zero-order chi connectivity index (χ0) is 18.1. The third kappa shape index (κ3) is 2.80. The summed E-state index contributed by atoms with van der Waals surface area (Å²) in [7, 11) is 0. The van der Waals surface area contributed by atoms with Crippen molar-refractivity contribution in [2.24, 2.45) is 10.1 Å². The number of amides is 1. The Balaban J connectivity index is 1.93. The molecule has 7 heteroatoms. The largest absolute Gasteiger partial charge is 0.298 e. The maximum atomic E-state index is 14.4. The van der Waals surface area contributed by atoms with Crippen molar-refractivity contribution >= 4 is 28.5 Å². The molecule has 1 amide bonds. The van der Waals surface area contributed by atoms with Crippen LogP contribution in [0.5, 0.6) is 0 Å². The minimum atomic E-state index is -0.744. The highest BCUT2D eigenvalue weighted by Gasteiger charge is 2.35. The molecule has 0 aromatic heterocycles. The van der Waals surface area contributed by atoms with Crippen molar-refractivity contribution in [1.82, 2.24) is 10.3 Å². The molecular formula is C19H15FN4OS. The highest BCUT2D eigenvalue weighted by Crippen LogP contribution is 2.31. The summed E-state index contributed by atoms with van der Waals surface area (Å²) in [6.45, 7) is 3.67. The first-order chi connectivity index (χ1) is 12.7. The molecule has 1 N–H and O–H groups in total. The van der Waals surface area contributed by atoms with E-state index in [1.165, 1.54) is 22.8 Å². The number of halogens is 1. The first kappa shape index (κ1) is 16.5. The molecule has 2 aliphatic heterocycles. The van der Waals surface area contributed by atoms with E-state index < -0.39 is 6.17 Å². The molecule has 130 valence electrons. The van der Waals surface area contributed by atoms with E-state index >= 15 is 0 Å². The predicted octanol–water partition coefficient (Wildman–Crippen LogP) is 1.89. The quantitative estimate of drug-likeness (QED) is 0.844. The number of carbonyl (C=O) groups excluding carboxylic acids is 1. The van der Waals surface area contributed by atoms with Crippen LogP contribution in [0.25, 0.3) is 5.70 Å². The van der Waals surface area contributed by atoms with Crippen LogP contribution in [0.4, 0.5) is 4.39 Å². The third-order valence-electron chi connectivity index (χ3n) is 4.04. The minimum absolute atomic E-state index is 0.282. The van der Waals surface area contributed by atoms with Crippen molar-refractivity contribution in [2.75, 3.05) is 5.75 Å². The Bertz CT molecular complexity index is 1050. The number of benzene rings is 2. The van der Waals surface area contributed by atoms with Crippen molar-refractivity contribution in [2.45, 2.75) is 6.17 Å². The molecule has 0 bridgehead atoms. The fourth-order valence-electron chi connectivity index (χ4n) is 2.92. The molecule has 0 saturated heterocycles. The molecule has 4 rings (SSSR count). The number of fused-ring (bicyclic) bond motifs is 2. The molecule has 5 nitrogen and oxygen atoms in total. The van der Waals surface area contributed by atoms with Crippen LogP contribution < -0.4 is 15.9 Å². The Morgan fingerprint density at radius 1 is 1.23 bits per heavy atom. The van der Waals surface area contributed by atoms with Gasteiger partial charge in [-0.3, -0.25) is 15.1 Å². The number of nitrogens with zero attached hydrogens (tertiary/aromatic N) is 3. The average molecular weight is 366 g/mol. The van der Waals surface area contributed by atoms with E-state index in [0.29, 0.717) is 32.8 Å². The Morgan fingerprint density at radius 3 is 2.81 bits per heavy atom. The summed E-state index contributed by atoms with van der Waals surface area (Å²) in [4.78, 5) is 17.4. The molecule has 2 aliphatic rings. The number of hydrazone groups is 1. The standard InChI is InChI=1S/C19H15FN4OS/c1-2-11-26-19-22-18(25)16-13-8-4-6-10-15(13)21-17(24(16)23-19)12-7-3-5-9-14(12)20/h2-10,17H,1,11H2,(H,22,23,25)/t17-/m0/s1. The van der Waals surface area contributed by atoms with Gasteiger partial charge in [0.2, 0.25) is 0 Å². The van der Waals surface area contributed by atoms with Crippen molar-refractivity contribution in [3.8, 4) is 0 Å². The number of rotatable bonds is 3. The molecule has 2 aromatic carbocycles. The van der Waals surface area contributed by atoms with Crippen LogP contribution in [0.15, 0.2) is 71.3 Å². The molecule has 0 spiro atoms. The lowest BCUT2D eigenvalue weighted by atomic mass is 10.1. The van der Waals surface area contributed by atoms with Gasteiger partial charge in [-0.25, -0.2) is 9.40 Å². The van der Waals surface area contributed by atoms with Gasteiger partial charge in [-0.15, -0.1) is 11.7 Å². The Hall–Kier alpha value is -2.93. The fourth-order valence-corrected chi connectivity index (χ4v) is 3.50. The van der Waals surface area contributed by atoms with Gasteiger partial charge in [0.05, 0.1) is 5.36 Å². The van der Waals surface area contributed by atoms with Crippen LogP contribution in [-0.2, 0) is 4.79 Å². The smallest absolute Gasteiger partial charge is 0.276 e. The van der Waals surface area contributed by atoms with Crippen LogP contribution in [0, 0.1) is 5.82 Å². The van der Waals surface area contributed by atoms with Crippen LogP contribution in [-0.4, -0.2) is 21.8 Å². The van der Waals surface area contributed by atoms with Crippen LogP contribution in [0.2, 0.25) is 0 Å². The Kier molecular flexibility index (Phi) is 4.30. The lowest BCUT2D eigenvalue weighted by Gasteiger charge is -2.34. The molecule has 0 fully saturated rings. The number of para-hydroxylation sites is 1. The second-order valence-corrected chi connectivity index (χ2v) is 6.70. The minimum Gasteiger partial charge on any atom is -0.298 e. The summed E-state index contributed by atoms with van der Waals surface area (Å²) < 4.78 is 14.4. The van der Waals surface area contributed by atoms with Crippen LogP contribution in [0.3, 0.4) is 0 Å². The van der Waals surface area contributed by atoms with Gasteiger partial charge in [-0.05, 0) is 12.1 Å². The lowest BCUT2D eigenvalue weighted by molar-refractivity contribution is -0.116. The second kappa shape index (κ2) is 6.76. The molecule has 26 heavy (non-hydrogen) atoms. The first-order valence-electron chi connectivity index (χ1n) is 8.03. The maximum Gasteiger partial charge on any atom is 0.276 e. The SMILES string of the molecule is C=CCSC1=NN2C(=c3ccccc3=N[C@@H]2c2ccccc2F)C(=O)N1. The zero-order valence-electron chi connectivity index (χ0n) is 13.7. The highest BCUT2D eigenvalue weighted by atomic mass is 32.2. The van der Waals surface area contributed by atoms with E-state index in [1.807, 2.05) is 24.3 Å². The number of thioether (sulfide) groups is 1. The zero-order valence-corrected chi connectivity index (χ0v) is 14.5. The summed E-state index contributed by atoms with van der Waals surface area (Å²) in [5, 5.41) is 10.6. The number of nitrogens with one attached hydrogen (secondary N) is 1. The summed E-state index contributed by atoms with van der Waals surface area (Å²) in [6, 6.07) is 13.7. The molecule has 2 aromatic rings. The number of amidine groups is 1. The van der Waals surface area contributed by atoms with Gasteiger partial charge in [0.1, 0.15) is 11.5 Å². The van der Waals surface area contributed by atoms with Gasteiger partial charge >= 0.3 is 0 Å². The Morgan fingerprint density at radius 2 is 2.00 bits per heavy atom. The molecule has 1 atom stereocenters. The van der Waals surface area contributed by atoms with Gasteiger partial charge in [0.15, 0.2) is 11.3 Å². The monoisotopic (exact) mass is 366 g/mol. The summed E-state index contributed by atoms with van der Waals surface area (Å²) >= 11 is 1.35. The number of carbonyl (C=O) groups is 1. The molecule has 0 unspecified atom stereocenters. The van der Waals surface area contributed by atoms with Crippen molar-refractivity contribution in [3.63, 3.8) is 0 Å². The Labute approximate surface area is 153 Å². The van der Waals surface area contributed by atoms with Crippen molar-refractivity contribution in [1.29, 1.82) is 0 Å². The van der Waals surface area contributed by atoms with E-state index in [1.54, 1.807) is 24.3 Å². The molecular weight excluding hydrogens is 351 g/mol. The normalized spacial score (nSPS) is 18.3. The van der Waals surface area contributed by atoms with Crippen molar-refractivity contribution in [3.05, 3.63) is 83.1 Å². The summed E-state index contributed by atoms with van der Waals surface area (Å²) in [5.41, 5.74) is 0.734. The lowest BCUT2D eigenvalue weighted by Crippen LogP contribution is -2.50. The summed E-state index contributed by atoms with van der Waals surface area (Å²) in [6.07, 6.45) is 0.981. The average Bonchev–Trinajstić information content (AvgIpc) is 2.66. The number of hydrogen-bond acceptors (Lipinski definition) is 5. The second-order valence-electron chi connectivity index (χ2n) is 5.69. The predicted molar refractivity (Wildman–Crippen MR) is 99.8 cm³/mol. The highest BCUT2D eigenvalue weighted by molar-refractivity contribution is 8.14. The van der Waals surface area contributed by atoms with E-state index in [2.05, 4.69) is 22.0 Å². The van der Waals surface area contributed by atoms with E-state index in [-0.39, 0.29) is 11.7 Å². The van der Waals surface area contributed by atoms with E-state index in [0.717, 1.165) is 0 Å². The van der Waals surface area contributed by atoms with Crippen molar-refractivity contribution < 1.29 is 9.18 Å². The molecule has 0 radical (unpaired) electrons. The topological polar surface area (TPSA) is 57.1 Å². The fraction of sp³-hybridized carbons (Fsp3) is 0.105. The maximum absolute atomic E-state index is 14.4. The van der Waals surface area contributed by atoms with Gasteiger partial charge in [-0.2, -0.15) is 0 Å². The van der Waals surface area contributed by atoms with Crippen LogP contribution in [0.1, 0.15) is 11.7 Å².